The Morgan fingerprint density at radius 2 is 1.91 bits per heavy atom. The molecule has 2 aliphatic rings. The molecule has 35 heavy (non-hydrogen) atoms. The van der Waals surface area contributed by atoms with Crippen molar-refractivity contribution >= 4 is 23.2 Å². The average Bonchev–Trinajstić information content (AvgIpc) is 3.33. The maximum absolute atomic E-state index is 13.6. The van der Waals surface area contributed by atoms with Crippen LogP contribution in [0, 0.1) is 0 Å². The summed E-state index contributed by atoms with van der Waals surface area (Å²) in [4.78, 5) is 14.8. The summed E-state index contributed by atoms with van der Waals surface area (Å²) in [5.74, 6) is -0.667. The van der Waals surface area contributed by atoms with E-state index in [1.54, 1.807) is 4.90 Å². The van der Waals surface area contributed by atoms with Crippen molar-refractivity contribution in [2.45, 2.75) is 37.9 Å². The molecule has 0 saturated carbocycles. The quantitative estimate of drug-likeness (QED) is 0.442. The molecule has 1 spiro atoms. The van der Waals surface area contributed by atoms with Crippen molar-refractivity contribution in [1.29, 1.82) is 0 Å². The lowest BCUT2D eigenvalue weighted by atomic mass is 9.82. The van der Waals surface area contributed by atoms with E-state index in [1.165, 1.54) is 12.1 Å². The molecule has 184 valence electrons. The van der Waals surface area contributed by atoms with Crippen LogP contribution >= 0.6 is 11.6 Å². The number of nitrogens with zero attached hydrogens (tertiary/aromatic N) is 2. The molecule has 9 heteroatoms. The predicted octanol–water partition coefficient (Wildman–Crippen LogP) is 6.50. The Morgan fingerprint density at radius 1 is 1.14 bits per heavy atom. The van der Waals surface area contributed by atoms with Crippen LogP contribution in [0.1, 0.15) is 47.8 Å². The highest BCUT2D eigenvalue weighted by atomic mass is 35.5. The van der Waals surface area contributed by atoms with Crippen molar-refractivity contribution in [1.82, 2.24) is 9.47 Å². The molecule has 1 saturated heterocycles. The molecule has 0 bridgehead atoms. The molecule has 3 aromatic rings. The van der Waals surface area contributed by atoms with Gasteiger partial charge in [-0.05, 0) is 67.8 Å². The van der Waals surface area contributed by atoms with E-state index in [-0.39, 0.29) is 17.9 Å². The number of rotatable bonds is 4. The summed E-state index contributed by atoms with van der Waals surface area (Å²) >= 11 is 6.23. The van der Waals surface area contributed by atoms with Gasteiger partial charge in [0.15, 0.2) is 0 Å². The molecular weight excluding hydrogens is 479 g/mol. The molecule has 5 nitrogen and oxygen atoms in total. The molecule has 1 N–H and O–H groups in total. The highest BCUT2D eigenvalue weighted by Gasteiger charge is 2.43. The summed E-state index contributed by atoms with van der Waals surface area (Å²) in [5, 5.41) is 4.27. The SMILES string of the molecule is CCCOc1ccc(C(=O)N2CCC3(CC2)Nc2cc(Cl)ccc2-n2cccc23)cc1C(F)(F)F. The van der Waals surface area contributed by atoms with Gasteiger partial charge in [-0.3, -0.25) is 4.79 Å². The number of carbonyl (C=O) groups excluding carboxylic acids is 1. The van der Waals surface area contributed by atoms with Gasteiger partial charge in [0.05, 0.1) is 29.1 Å². The molecule has 0 radical (unpaired) electrons. The first-order valence-corrected chi connectivity index (χ1v) is 12.0. The van der Waals surface area contributed by atoms with Crippen LogP contribution in [0.15, 0.2) is 54.7 Å². The Balaban J connectivity index is 1.37. The Bertz CT molecular complexity index is 1260. The zero-order chi connectivity index (χ0) is 24.8. The molecule has 1 aromatic heterocycles. The van der Waals surface area contributed by atoms with Crippen LogP contribution in [0.25, 0.3) is 5.69 Å². The number of benzene rings is 2. The number of halogens is 4. The molecule has 1 amide bonds. The van der Waals surface area contributed by atoms with Gasteiger partial charge in [0.25, 0.3) is 5.91 Å². The van der Waals surface area contributed by atoms with Gasteiger partial charge < -0.3 is 19.5 Å². The second-order valence-corrected chi connectivity index (χ2v) is 9.42. The topological polar surface area (TPSA) is 46.5 Å². The van der Waals surface area contributed by atoms with Crippen LogP contribution in [-0.4, -0.2) is 35.1 Å². The van der Waals surface area contributed by atoms with E-state index < -0.39 is 23.2 Å². The smallest absolute Gasteiger partial charge is 0.419 e. The highest BCUT2D eigenvalue weighted by Crippen LogP contribution is 2.44. The van der Waals surface area contributed by atoms with Crippen molar-refractivity contribution in [2.24, 2.45) is 0 Å². The van der Waals surface area contributed by atoms with Gasteiger partial charge in [-0.2, -0.15) is 13.2 Å². The second-order valence-electron chi connectivity index (χ2n) is 8.98. The van der Waals surface area contributed by atoms with Gasteiger partial charge >= 0.3 is 6.18 Å². The minimum absolute atomic E-state index is 0.00855. The van der Waals surface area contributed by atoms with Gasteiger partial charge in [0, 0.05) is 35.6 Å². The zero-order valence-corrected chi connectivity index (χ0v) is 19.9. The number of fused-ring (bicyclic) bond motifs is 4. The van der Waals surface area contributed by atoms with E-state index in [1.807, 2.05) is 37.4 Å². The van der Waals surface area contributed by atoms with Gasteiger partial charge in [-0.1, -0.05) is 18.5 Å². The summed E-state index contributed by atoms with van der Waals surface area (Å²) in [5.41, 5.74) is 1.70. The van der Waals surface area contributed by atoms with Gasteiger partial charge in [-0.25, -0.2) is 0 Å². The van der Waals surface area contributed by atoms with E-state index >= 15 is 0 Å². The first-order chi connectivity index (χ1) is 16.7. The third-order valence-corrected chi connectivity index (χ3v) is 6.96. The molecule has 3 heterocycles. The zero-order valence-electron chi connectivity index (χ0n) is 19.2. The summed E-state index contributed by atoms with van der Waals surface area (Å²) in [6.45, 7) is 2.80. The molecule has 0 unspecified atom stereocenters. The fourth-order valence-corrected chi connectivity index (χ4v) is 5.17. The highest BCUT2D eigenvalue weighted by molar-refractivity contribution is 6.31. The molecule has 2 aliphatic heterocycles. The molecule has 0 aliphatic carbocycles. The van der Waals surface area contributed by atoms with E-state index in [4.69, 9.17) is 16.3 Å². The largest absolute Gasteiger partial charge is 0.493 e. The summed E-state index contributed by atoms with van der Waals surface area (Å²) in [6, 6.07) is 13.3. The minimum Gasteiger partial charge on any atom is -0.493 e. The van der Waals surface area contributed by atoms with E-state index in [0.29, 0.717) is 37.4 Å². The standard InChI is InChI=1S/C26H25ClF3N3O2/c1-2-14-35-22-8-5-17(15-19(22)26(28,29)30)24(34)32-12-9-25(10-13-32)23-4-3-11-33(23)21-7-6-18(27)16-20(21)31-25/h3-8,11,15-16,31H,2,9-10,12-14H2,1H3. The number of aromatic nitrogens is 1. The number of likely N-dealkylation sites (tertiary alicyclic amines) is 1. The van der Waals surface area contributed by atoms with Crippen LogP contribution < -0.4 is 10.1 Å². The van der Waals surface area contributed by atoms with E-state index in [9.17, 15) is 18.0 Å². The van der Waals surface area contributed by atoms with Crippen molar-refractivity contribution in [3.8, 4) is 11.4 Å². The van der Waals surface area contributed by atoms with Gasteiger partial charge in [-0.15, -0.1) is 0 Å². The first kappa shape index (κ1) is 23.6. The number of amides is 1. The third-order valence-electron chi connectivity index (χ3n) is 6.73. The number of nitrogens with one attached hydrogen (secondary N) is 1. The van der Waals surface area contributed by atoms with E-state index in [2.05, 4.69) is 16.0 Å². The number of hydrogen-bond acceptors (Lipinski definition) is 3. The Hall–Kier alpha value is -3.13. The van der Waals surface area contributed by atoms with E-state index in [0.717, 1.165) is 23.1 Å². The number of piperidine rings is 1. The van der Waals surface area contributed by atoms with Crippen LogP contribution in [0.5, 0.6) is 5.75 Å². The van der Waals surface area contributed by atoms with Gasteiger partial charge in [0.2, 0.25) is 0 Å². The normalized spacial score (nSPS) is 16.4. The monoisotopic (exact) mass is 503 g/mol. The Labute approximate surface area is 206 Å². The number of alkyl halides is 3. The molecule has 5 rings (SSSR count). The predicted molar refractivity (Wildman–Crippen MR) is 128 cm³/mol. The summed E-state index contributed by atoms with van der Waals surface area (Å²) in [7, 11) is 0. The number of hydrogen-bond donors (Lipinski definition) is 1. The van der Waals surface area contributed by atoms with Crippen LogP contribution in [0.4, 0.5) is 18.9 Å². The third kappa shape index (κ3) is 4.24. The lowest BCUT2D eigenvalue weighted by Gasteiger charge is -2.46. The van der Waals surface area contributed by atoms with Crippen molar-refractivity contribution < 1.29 is 22.7 Å². The van der Waals surface area contributed by atoms with Crippen molar-refractivity contribution in [3.63, 3.8) is 0 Å². The molecule has 1 fully saturated rings. The second kappa shape index (κ2) is 8.82. The van der Waals surface area contributed by atoms with Crippen LogP contribution in [0.3, 0.4) is 0 Å². The lowest BCUT2D eigenvalue weighted by molar-refractivity contribution is -0.139. The molecule has 2 aromatic carbocycles. The Morgan fingerprint density at radius 3 is 2.63 bits per heavy atom. The number of carbonyl (C=O) groups is 1. The lowest BCUT2D eigenvalue weighted by Crippen LogP contribution is -2.51. The maximum Gasteiger partial charge on any atom is 0.419 e. The molecule has 0 atom stereocenters. The first-order valence-electron chi connectivity index (χ1n) is 11.6. The van der Waals surface area contributed by atoms with Crippen LogP contribution in [-0.2, 0) is 11.7 Å². The van der Waals surface area contributed by atoms with Crippen molar-refractivity contribution in [2.75, 3.05) is 25.0 Å². The maximum atomic E-state index is 13.6. The summed E-state index contributed by atoms with van der Waals surface area (Å²) < 4.78 is 48.3. The summed E-state index contributed by atoms with van der Waals surface area (Å²) in [6.07, 6.45) is -0.806. The fraction of sp³-hybridized carbons (Fsp3) is 0.346. The molecular formula is C26H25ClF3N3O2. The van der Waals surface area contributed by atoms with Gasteiger partial charge in [0.1, 0.15) is 5.75 Å². The fourth-order valence-electron chi connectivity index (χ4n) is 5.00. The number of anilines is 1. The minimum atomic E-state index is -4.61. The Kier molecular flexibility index (Phi) is 5.95. The van der Waals surface area contributed by atoms with Crippen LogP contribution in [0.2, 0.25) is 5.02 Å². The average molecular weight is 504 g/mol. The number of ether oxygens (including phenoxy) is 1. The van der Waals surface area contributed by atoms with Crippen molar-refractivity contribution in [3.05, 3.63) is 76.6 Å².